The molecule has 0 unspecified atom stereocenters. The van der Waals surface area contributed by atoms with Crippen LogP contribution in [0.1, 0.15) is 12.5 Å². The molecule has 2 aromatic carbocycles. The second kappa shape index (κ2) is 6.07. The summed E-state index contributed by atoms with van der Waals surface area (Å²) >= 11 is 0. The van der Waals surface area contributed by atoms with Crippen LogP contribution in [0.2, 0.25) is 0 Å². The molecule has 6 nitrogen and oxygen atoms in total. The van der Waals surface area contributed by atoms with Gasteiger partial charge in [0.05, 0.1) is 12.9 Å². The van der Waals surface area contributed by atoms with Crippen molar-refractivity contribution in [2.24, 2.45) is 10.7 Å². The Hall–Kier alpha value is -2.54. The molecule has 0 amide bonds. The Morgan fingerprint density at radius 1 is 1.16 bits per heavy atom. The smallest absolute Gasteiger partial charge is 0.239 e. The molecule has 3 rings (SSSR count). The van der Waals surface area contributed by atoms with Gasteiger partial charge in [0.25, 0.3) is 0 Å². The van der Waals surface area contributed by atoms with Crippen LogP contribution >= 0.6 is 0 Å². The molecule has 7 heteroatoms. The van der Waals surface area contributed by atoms with E-state index in [0.29, 0.717) is 0 Å². The summed E-state index contributed by atoms with van der Waals surface area (Å²) in [6, 6.07) is 15.4. The highest BCUT2D eigenvalue weighted by molar-refractivity contribution is 7.89. The molecule has 0 fully saturated rings. The largest absolute Gasteiger partial charge is 0.497 e. The zero-order valence-corrected chi connectivity index (χ0v) is 15.2. The second-order valence-corrected chi connectivity index (χ2v) is 8.28. The van der Waals surface area contributed by atoms with Gasteiger partial charge in [0.15, 0.2) is 0 Å². The minimum absolute atomic E-state index is 0.000494. The van der Waals surface area contributed by atoms with E-state index in [4.69, 9.17) is 10.5 Å². The summed E-state index contributed by atoms with van der Waals surface area (Å²) < 4.78 is 31.0. The summed E-state index contributed by atoms with van der Waals surface area (Å²) in [6.45, 7) is 1.79. The molecule has 132 valence electrons. The number of ether oxygens (including phenoxy) is 1. The van der Waals surface area contributed by atoms with Crippen LogP contribution in [0.5, 0.6) is 5.75 Å². The van der Waals surface area contributed by atoms with Gasteiger partial charge < -0.3 is 10.5 Å². The normalized spacial score (nSPS) is 22.4. The Morgan fingerprint density at radius 3 is 2.44 bits per heavy atom. The number of sulfonamides is 1. The number of rotatable bonds is 3. The highest BCUT2D eigenvalue weighted by Crippen LogP contribution is 2.34. The number of hydrogen-bond donors (Lipinski definition) is 1. The van der Waals surface area contributed by atoms with Crippen LogP contribution in [0, 0.1) is 0 Å². The van der Waals surface area contributed by atoms with Crippen LogP contribution in [-0.4, -0.2) is 38.6 Å². The molecule has 0 radical (unpaired) electrons. The lowest BCUT2D eigenvalue weighted by molar-refractivity contribution is 0.415. The first-order valence-electron chi connectivity index (χ1n) is 7.82. The molecular weight excluding hydrogens is 338 g/mol. The van der Waals surface area contributed by atoms with Crippen LogP contribution in [-0.2, 0) is 15.6 Å². The predicted octanol–water partition coefficient (Wildman–Crippen LogP) is 2.17. The van der Waals surface area contributed by atoms with E-state index in [1.807, 2.05) is 48.5 Å². The van der Waals surface area contributed by atoms with E-state index < -0.39 is 15.6 Å². The Balaban J connectivity index is 2.07. The molecule has 2 N–H and O–H groups in total. The Bertz CT molecular complexity index is 940. The third-order valence-corrected chi connectivity index (χ3v) is 6.40. The predicted molar refractivity (Wildman–Crippen MR) is 99.0 cm³/mol. The van der Waals surface area contributed by atoms with Gasteiger partial charge in [0, 0.05) is 7.05 Å². The Morgan fingerprint density at radius 2 is 1.80 bits per heavy atom. The van der Waals surface area contributed by atoms with Crippen molar-refractivity contribution >= 4 is 16.0 Å². The number of hydrogen-bond acceptors (Lipinski definition) is 5. The first-order valence-corrected chi connectivity index (χ1v) is 9.43. The van der Waals surface area contributed by atoms with Gasteiger partial charge in [-0.25, -0.2) is 17.7 Å². The maximum atomic E-state index is 12.4. The van der Waals surface area contributed by atoms with Crippen molar-refractivity contribution in [1.29, 1.82) is 0 Å². The molecule has 0 bridgehead atoms. The van der Waals surface area contributed by atoms with Crippen LogP contribution < -0.4 is 10.5 Å². The van der Waals surface area contributed by atoms with Crippen LogP contribution in [0.3, 0.4) is 0 Å². The summed E-state index contributed by atoms with van der Waals surface area (Å²) in [5.74, 6) is 0.637. The van der Waals surface area contributed by atoms with Crippen molar-refractivity contribution in [3.63, 3.8) is 0 Å². The van der Waals surface area contributed by atoms with Crippen molar-refractivity contribution in [2.75, 3.05) is 19.9 Å². The van der Waals surface area contributed by atoms with E-state index in [2.05, 4.69) is 4.99 Å². The molecule has 0 saturated heterocycles. The number of methoxy groups -OCH3 is 1. The van der Waals surface area contributed by atoms with Gasteiger partial charge >= 0.3 is 0 Å². The van der Waals surface area contributed by atoms with E-state index in [0.717, 1.165) is 26.7 Å². The number of nitrogens with two attached hydrogens (primary N) is 1. The van der Waals surface area contributed by atoms with Crippen molar-refractivity contribution in [2.45, 2.75) is 12.5 Å². The first kappa shape index (κ1) is 17.3. The second-order valence-electron chi connectivity index (χ2n) is 6.28. The maximum Gasteiger partial charge on any atom is 0.239 e. The minimum Gasteiger partial charge on any atom is -0.497 e. The van der Waals surface area contributed by atoms with Gasteiger partial charge in [0.1, 0.15) is 11.3 Å². The molecule has 25 heavy (non-hydrogen) atoms. The SMILES string of the molecule is COc1cccc(-c2cccc([C@]3(C)CS(=O)(=O)N(C)C(N)=N3)c2)c1. The van der Waals surface area contributed by atoms with Gasteiger partial charge in [-0.1, -0.05) is 30.3 Å². The van der Waals surface area contributed by atoms with Gasteiger partial charge in [-0.2, -0.15) is 0 Å². The van der Waals surface area contributed by atoms with E-state index in [1.54, 1.807) is 14.0 Å². The molecule has 1 aliphatic rings. The highest BCUT2D eigenvalue weighted by Gasteiger charge is 2.40. The molecule has 1 heterocycles. The fraction of sp³-hybridized carbons (Fsp3) is 0.278. The third kappa shape index (κ3) is 3.19. The average molecular weight is 359 g/mol. The topological polar surface area (TPSA) is 85.0 Å². The summed E-state index contributed by atoms with van der Waals surface area (Å²) in [5.41, 5.74) is 7.65. The monoisotopic (exact) mass is 359 g/mol. The van der Waals surface area contributed by atoms with E-state index in [9.17, 15) is 8.42 Å². The fourth-order valence-corrected chi connectivity index (χ4v) is 4.40. The van der Waals surface area contributed by atoms with Gasteiger partial charge in [-0.15, -0.1) is 0 Å². The molecule has 0 saturated carbocycles. The molecule has 1 atom stereocenters. The number of benzene rings is 2. The maximum absolute atomic E-state index is 12.4. The van der Waals surface area contributed by atoms with Crippen molar-refractivity contribution in [3.05, 3.63) is 54.1 Å². The Kier molecular flexibility index (Phi) is 4.20. The van der Waals surface area contributed by atoms with Crippen molar-refractivity contribution in [3.8, 4) is 16.9 Å². The molecule has 0 spiro atoms. The third-order valence-electron chi connectivity index (χ3n) is 4.45. The molecule has 0 aromatic heterocycles. The fourth-order valence-electron chi connectivity index (χ4n) is 2.93. The molecule has 0 aliphatic carbocycles. The zero-order chi connectivity index (χ0) is 18.2. The van der Waals surface area contributed by atoms with Gasteiger partial charge in [-0.05, 0) is 41.8 Å². The number of aliphatic imine (C=N–C) groups is 1. The quantitative estimate of drug-likeness (QED) is 0.910. The van der Waals surface area contributed by atoms with Crippen LogP contribution in [0.15, 0.2) is 53.5 Å². The average Bonchev–Trinajstić information content (AvgIpc) is 2.59. The van der Waals surface area contributed by atoms with Gasteiger partial charge in [-0.3, -0.25) is 0 Å². The lowest BCUT2D eigenvalue weighted by Crippen LogP contribution is -2.50. The van der Waals surface area contributed by atoms with E-state index in [-0.39, 0.29) is 11.7 Å². The minimum atomic E-state index is -3.50. The molecule has 2 aromatic rings. The van der Waals surface area contributed by atoms with Crippen LogP contribution in [0.25, 0.3) is 11.1 Å². The molecule has 1 aliphatic heterocycles. The Labute approximate surface area is 148 Å². The summed E-state index contributed by atoms with van der Waals surface area (Å²) in [6.07, 6.45) is 0. The van der Waals surface area contributed by atoms with Crippen molar-refractivity contribution in [1.82, 2.24) is 4.31 Å². The summed E-state index contributed by atoms with van der Waals surface area (Å²) in [5, 5.41) is 0. The zero-order valence-electron chi connectivity index (χ0n) is 14.4. The van der Waals surface area contributed by atoms with Crippen molar-refractivity contribution < 1.29 is 13.2 Å². The highest BCUT2D eigenvalue weighted by atomic mass is 32.2. The van der Waals surface area contributed by atoms with E-state index in [1.165, 1.54) is 7.05 Å². The van der Waals surface area contributed by atoms with Crippen LogP contribution in [0.4, 0.5) is 0 Å². The van der Waals surface area contributed by atoms with Gasteiger partial charge in [0.2, 0.25) is 16.0 Å². The van der Waals surface area contributed by atoms with E-state index >= 15 is 0 Å². The lowest BCUT2D eigenvalue weighted by atomic mass is 9.91. The molecular formula is C18H21N3O3S. The first-order chi connectivity index (χ1) is 11.7. The summed E-state index contributed by atoms with van der Waals surface area (Å²) in [7, 11) is -0.457. The number of nitrogens with zero attached hydrogens (tertiary/aromatic N) is 2. The standard InChI is InChI=1S/C18H21N3O3S/c1-18(12-25(22,23)21(2)17(19)20-18)15-8-4-6-13(10-15)14-7-5-9-16(11-14)24-3/h4-11H,12H2,1-3H3,(H2,19,20)/t18-/m0/s1. The lowest BCUT2D eigenvalue weighted by Gasteiger charge is -2.34. The summed E-state index contributed by atoms with van der Waals surface area (Å²) in [4.78, 5) is 4.45. The number of guanidine groups is 1.